The Hall–Kier alpha value is -2.92. The Morgan fingerprint density at radius 1 is 1.04 bits per heavy atom. The van der Waals surface area contributed by atoms with Gasteiger partial charge < -0.3 is 10.6 Å². The molecule has 6 heteroatoms. The normalized spacial score (nSPS) is 16.1. The first kappa shape index (κ1) is 16.5. The highest BCUT2D eigenvalue weighted by Crippen LogP contribution is 2.33. The molecule has 2 N–H and O–H groups in total. The quantitative estimate of drug-likeness (QED) is 0.661. The third kappa shape index (κ3) is 3.53. The first-order chi connectivity index (χ1) is 12.7. The van der Waals surface area contributed by atoms with Gasteiger partial charge in [-0.25, -0.2) is 14.4 Å². The lowest BCUT2D eigenvalue weighted by Crippen LogP contribution is -2.39. The summed E-state index contributed by atoms with van der Waals surface area (Å²) in [5.74, 6) is 0.190. The Labute approximate surface area is 155 Å². The minimum atomic E-state index is -0.374. The van der Waals surface area contributed by atoms with Gasteiger partial charge in [-0.05, 0) is 46.5 Å². The Morgan fingerprint density at radius 3 is 2.65 bits per heavy atom. The van der Waals surface area contributed by atoms with Gasteiger partial charge in [0, 0.05) is 6.42 Å². The van der Waals surface area contributed by atoms with E-state index >= 15 is 0 Å². The van der Waals surface area contributed by atoms with Crippen molar-refractivity contribution in [3.8, 4) is 11.1 Å². The summed E-state index contributed by atoms with van der Waals surface area (Å²) >= 11 is 6.25. The van der Waals surface area contributed by atoms with E-state index in [4.69, 9.17) is 11.6 Å². The number of benzene rings is 2. The first-order valence-corrected chi connectivity index (χ1v) is 8.63. The van der Waals surface area contributed by atoms with Crippen LogP contribution < -0.4 is 10.6 Å². The van der Waals surface area contributed by atoms with Crippen LogP contribution in [0.15, 0.2) is 71.9 Å². The van der Waals surface area contributed by atoms with Crippen LogP contribution in [-0.4, -0.2) is 16.4 Å². The lowest BCUT2D eigenvalue weighted by atomic mass is 9.95. The summed E-state index contributed by atoms with van der Waals surface area (Å²) in [7, 11) is 0. The van der Waals surface area contributed by atoms with Crippen molar-refractivity contribution >= 4 is 28.4 Å². The maximum atomic E-state index is 13.1. The fourth-order valence-corrected chi connectivity index (χ4v) is 3.27. The van der Waals surface area contributed by atoms with Gasteiger partial charge in [-0.15, -0.1) is 0 Å². The topological polar surface area (TPSA) is 49.3 Å². The average Bonchev–Trinajstić information content (AvgIpc) is 2.81. The van der Waals surface area contributed by atoms with Crippen LogP contribution in [0.3, 0.4) is 0 Å². The fraction of sp³-hybridized carbons (Fsp3) is 0.100. The number of aliphatic imine (C=N–C) groups is 1. The second-order valence-electron chi connectivity index (χ2n) is 5.98. The molecule has 0 amide bonds. The summed E-state index contributed by atoms with van der Waals surface area (Å²) in [4.78, 5) is 8.54. The summed E-state index contributed by atoms with van der Waals surface area (Å²) in [6, 6.07) is 19.1. The van der Waals surface area contributed by atoms with Gasteiger partial charge in [0.1, 0.15) is 17.8 Å². The molecule has 4 rings (SSSR count). The molecular formula is C20H16ClFN4. The van der Waals surface area contributed by atoms with Gasteiger partial charge in [0.05, 0.1) is 11.9 Å². The molecule has 0 fully saturated rings. The zero-order valence-corrected chi connectivity index (χ0v) is 14.5. The fourth-order valence-electron chi connectivity index (χ4n) is 3.05. The number of nitrogens with zero attached hydrogens (tertiary/aromatic N) is 2. The molecule has 1 aliphatic heterocycles. The predicted octanol–water partition coefficient (Wildman–Crippen LogP) is 4.70. The monoisotopic (exact) mass is 366 g/mol. The van der Waals surface area contributed by atoms with E-state index in [-0.39, 0.29) is 12.0 Å². The van der Waals surface area contributed by atoms with E-state index in [0.717, 1.165) is 22.4 Å². The van der Waals surface area contributed by atoms with E-state index in [9.17, 15) is 4.39 Å². The largest absolute Gasteiger partial charge is 0.350 e. The first-order valence-electron chi connectivity index (χ1n) is 8.25. The van der Waals surface area contributed by atoms with Gasteiger partial charge in [-0.3, -0.25) is 0 Å². The number of hydrogen-bond acceptors (Lipinski definition) is 4. The third-order valence-corrected chi connectivity index (χ3v) is 4.40. The number of pyridine rings is 1. The van der Waals surface area contributed by atoms with Crippen molar-refractivity contribution in [3.63, 3.8) is 0 Å². The molecule has 4 nitrogen and oxygen atoms in total. The molecular weight excluding hydrogens is 351 g/mol. The highest BCUT2D eigenvalue weighted by atomic mass is 35.5. The molecule has 2 heterocycles. The van der Waals surface area contributed by atoms with E-state index in [2.05, 4.69) is 38.8 Å². The number of hydrogen-bond donors (Lipinski definition) is 2. The van der Waals surface area contributed by atoms with Crippen molar-refractivity contribution in [2.24, 2.45) is 4.99 Å². The molecule has 1 aliphatic rings. The minimum absolute atomic E-state index is 0.227. The van der Waals surface area contributed by atoms with Crippen LogP contribution in [0.4, 0.5) is 15.9 Å². The maximum absolute atomic E-state index is 13.1. The highest BCUT2D eigenvalue weighted by Gasteiger charge is 2.20. The summed E-state index contributed by atoms with van der Waals surface area (Å²) in [5.41, 5.74) is 4.15. The lowest BCUT2D eigenvalue weighted by molar-refractivity contribution is 0.620. The van der Waals surface area contributed by atoms with Gasteiger partial charge in [-0.2, -0.15) is 0 Å². The van der Waals surface area contributed by atoms with Gasteiger partial charge in [-0.1, -0.05) is 42.5 Å². The summed E-state index contributed by atoms with van der Waals surface area (Å²) < 4.78 is 13.1. The van der Waals surface area contributed by atoms with Crippen LogP contribution in [0.25, 0.3) is 11.1 Å². The van der Waals surface area contributed by atoms with Crippen LogP contribution >= 0.6 is 11.6 Å². The number of aromatic nitrogens is 1. The number of amidine groups is 1. The van der Waals surface area contributed by atoms with E-state index in [1.807, 2.05) is 30.3 Å². The standard InChI is InChI=1S/C20H16ClFN4/c21-20-24-17-8-4-7-15(13-5-2-1-3-6-13)16(17)11-19(26-20)25-18-10-9-14(22)12-23-18/h1-10,12,19H,11H2,(H,23,25)(H,24,26). The van der Waals surface area contributed by atoms with E-state index in [1.54, 1.807) is 6.07 Å². The van der Waals surface area contributed by atoms with Crippen molar-refractivity contribution in [1.82, 2.24) is 10.3 Å². The third-order valence-electron chi connectivity index (χ3n) is 4.21. The van der Waals surface area contributed by atoms with Crippen LogP contribution in [-0.2, 0) is 6.42 Å². The summed E-state index contributed by atoms with van der Waals surface area (Å²) in [5, 5.41) is 6.68. The van der Waals surface area contributed by atoms with Crippen LogP contribution in [0, 0.1) is 5.82 Å². The summed E-state index contributed by atoms with van der Waals surface area (Å²) in [6.07, 6.45) is 1.59. The van der Waals surface area contributed by atoms with Crippen LogP contribution in [0.5, 0.6) is 0 Å². The van der Waals surface area contributed by atoms with Crippen molar-refractivity contribution in [3.05, 3.63) is 78.2 Å². The Kier molecular flexibility index (Phi) is 4.54. The smallest absolute Gasteiger partial charge is 0.198 e. The molecule has 0 saturated heterocycles. The van der Waals surface area contributed by atoms with Gasteiger partial charge in [0.15, 0.2) is 5.29 Å². The predicted molar refractivity (Wildman–Crippen MR) is 103 cm³/mol. The second-order valence-corrected chi connectivity index (χ2v) is 6.34. The molecule has 0 aliphatic carbocycles. The van der Waals surface area contributed by atoms with Crippen molar-refractivity contribution in [2.45, 2.75) is 12.6 Å². The van der Waals surface area contributed by atoms with Crippen molar-refractivity contribution in [2.75, 3.05) is 5.32 Å². The molecule has 2 aromatic carbocycles. The Morgan fingerprint density at radius 2 is 1.88 bits per heavy atom. The molecule has 1 atom stereocenters. The Balaban J connectivity index is 1.70. The maximum Gasteiger partial charge on any atom is 0.198 e. The van der Waals surface area contributed by atoms with E-state index < -0.39 is 0 Å². The molecule has 3 aromatic rings. The molecule has 26 heavy (non-hydrogen) atoms. The van der Waals surface area contributed by atoms with Crippen molar-refractivity contribution < 1.29 is 4.39 Å². The summed E-state index contributed by atoms with van der Waals surface area (Å²) in [6.45, 7) is 0. The Bertz CT molecular complexity index is 942. The SMILES string of the molecule is Fc1ccc(NC2Cc3c(cccc3-c3ccccc3)N=C(Cl)N2)nc1. The second kappa shape index (κ2) is 7.14. The molecule has 0 saturated carbocycles. The number of halogens is 2. The van der Waals surface area contributed by atoms with Crippen LogP contribution in [0.1, 0.15) is 5.56 Å². The molecule has 0 spiro atoms. The molecule has 0 bridgehead atoms. The average molecular weight is 367 g/mol. The lowest BCUT2D eigenvalue weighted by Gasteiger charge is -2.20. The number of nitrogens with one attached hydrogen (secondary N) is 2. The number of anilines is 1. The minimum Gasteiger partial charge on any atom is -0.350 e. The van der Waals surface area contributed by atoms with E-state index in [1.165, 1.54) is 12.3 Å². The van der Waals surface area contributed by atoms with Gasteiger partial charge in [0.25, 0.3) is 0 Å². The highest BCUT2D eigenvalue weighted by molar-refractivity contribution is 6.65. The number of fused-ring (bicyclic) bond motifs is 1. The van der Waals surface area contributed by atoms with Crippen molar-refractivity contribution in [1.29, 1.82) is 0 Å². The van der Waals surface area contributed by atoms with Gasteiger partial charge in [0.2, 0.25) is 0 Å². The molecule has 1 aromatic heterocycles. The zero-order valence-electron chi connectivity index (χ0n) is 13.8. The van der Waals surface area contributed by atoms with Crippen LogP contribution in [0.2, 0.25) is 0 Å². The number of rotatable bonds is 3. The molecule has 130 valence electrons. The molecule has 1 unspecified atom stereocenters. The molecule has 0 radical (unpaired) electrons. The zero-order chi connectivity index (χ0) is 17.9. The van der Waals surface area contributed by atoms with Gasteiger partial charge >= 0.3 is 0 Å². The van der Waals surface area contributed by atoms with E-state index in [0.29, 0.717) is 17.5 Å².